The molecule has 3 aromatic rings. The molecular weight excluding hydrogens is 332 g/mol. The zero-order chi connectivity index (χ0) is 18.7. The second-order valence-corrected chi connectivity index (χ2v) is 8.42. The van der Waals surface area contributed by atoms with Gasteiger partial charge < -0.3 is 5.32 Å². The summed E-state index contributed by atoms with van der Waals surface area (Å²) >= 11 is 0. The van der Waals surface area contributed by atoms with Gasteiger partial charge in [0.15, 0.2) is 5.82 Å². The first-order valence-corrected chi connectivity index (χ1v) is 9.88. The number of benzene rings is 2. The van der Waals surface area contributed by atoms with Gasteiger partial charge in [-0.15, -0.1) is 0 Å². The van der Waals surface area contributed by atoms with Crippen LogP contribution in [0.25, 0.3) is 22.5 Å². The molecule has 4 rings (SSSR count). The van der Waals surface area contributed by atoms with E-state index in [1.807, 2.05) is 6.07 Å². The molecule has 1 heterocycles. The molecule has 2 N–H and O–H groups in total. The minimum Gasteiger partial charge on any atom is -0.310 e. The smallest absolute Gasteiger partial charge is 0.180 e. The van der Waals surface area contributed by atoms with Crippen LogP contribution < -0.4 is 5.32 Å². The largest absolute Gasteiger partial charge is 0.310 e. The molecule has 0 aliphatic heterocycles. The molecule has 0 saturated heterocycles. The fourth-order valence-electron chi connectivity index (χ4n) is 3.87. The summed E-state index contributed by atoms with van der Waals surface area (Å²) in [5.41, 5.74) is 5.30. The molecular formula is C23H28N4. The Morgan fingerprint density at radius 1 is 1.00 bits per heavy atom. The van der Waals surface area contributed by atoms with Crippen LogP contribution in [0.1, 0.15) is 45.1 Å². The van der Waals surface area contributed by atoms with E-state index in [-0.39, 0.29) is 0 Å². The molecule has 1 fully saturated rings. The van der Waals surface area contributed by atoms with Crippen molar-refractivity contribution in [2.45, 2.75) is 52.1 Å². The van der Waals surface area contributed by atoms with Crippen LogP contribution in [0.15, 0.2) is 54.9 Å². The van der Waals surface area contributed by atoms with Crippen molar-refractivity contribution < 1.29 is 0 Å². The third-order valence-corrected chi connectivity index (χ3v) is 5.76. The Bertz CT molecular complexity index is 856. The zero-order valence-corrected chi connectivity index (χ0v) is 16.2. The number of hydrogen-bond acceptors (Lipinski definition) is 3. The van der Waals surface area contributed by atoms with Crippen molar-refractivity contribution in [1.82, 2.24) is 20.5 Å². The predicted molar refractivity (Wildman–Crippen MR) is 110 cm³/mol. The van der Waals surface area contributed by atoms with E-state index in [2.05, 4.69) is 76.8 Å². The normalized spacial score (nSPS) is 17.1. The van der Waals surface area contributed by atoms with E-state index in [1.165, 1.54) is 42.4 Å². The molecule has 4 nitrogen and oxygen atoms in total. The van der Waals surface area contributed by atoms with E-state index in [0.717, 1.165) is 17.9 Å². The van der Waals surface area contributed by atoms with Gasteiger partial charge in [0, 0.05) is 18.2 Å². The number of nitrogens with zero attached hydrogens (tertiary/aromatic N) is 2. The van der Waals surface area contributed by atoms with Crippen molar-refractivity contribution in [3.8, 4) is 22.5 Å². The van der Waals surface area contributed by atoms with Crippen LogP contribution in [-0.4, -0.2) is 21.2 Å². The average Bonchev–Trinajstić information content (AvgIpc) is 3.23. The topological polar surface area (TPSA) is 53.6 Å². The molecule has 0 bridgehead atoms. The van der Waals surface area contributed by atoms with Crippen molar-refractivity contribution in [2.75, 3.05) is 0 Å². The Balaban J connectivity index is 1.39. The summed E-state index contributed by atoms with van der Waals surface area (Å²) < 4.78 is 0. The summed E-state index contributed by atoms with van der Waals surface area (Å²) in [6.07, 6.45) is 6.84. The zero-order valence-electron chi connectivity index (χ0n) is 16.2. The summed E-state index contributed by atoms with van der Waals surface area (Å²) in [5, 5.41) is 10.7. The van der Waals surface area contributed by atoms with E-state index in [4.69, 9.17) is 0 Å². The van der Waals surface area contributed by atoms with E-state index in [0.29, 0.717) is 11.5 Å². The minimum atomic E-state index is 0.528. The van der Waals surface area contributed by atoms with Crippen molar-refractivity contribution in [1.29, 1.82) is 0 Å². The van der Waals surface area contributed by atoms with E-state index in [1.54, 1.807) is 6.33 Å². The molecule has 1 saturated carbocycles. The maximum atomic E-state index is 4.24. The van der Waals surface area contributed by atoms with Gasteiger partial charge in [-0.2, -0.15) is 5.10 Å². The van der Waals surface area contributed by atoms with Crippen LogP contribution in [-0.2, 0) is 6.54 Å². The summed E-state index contributed by atoms with van der Waals surface area (Å²) in [6, 6.07) is 17.9. The van der Waals surface area contributed by atoms with Crippen LogP contribution in [0.2, 0.25) is 0 Å². The number of rotatable bonds is 5. The highest BCUT2D eigenvalue weighted by Crippen LogP contribution is 2.35. The number of nitrogens with one attached hydrogen (secondary N) is 2. The van der Waals surface area contributed by atoms with Crippen molar-refractivity contribution >= 4 is 0 Å². The first-order chi connectivity index (χ1) is 13.1. The second kappa shape index (κ2) is 7.65. The van der Waals surface area contributed by atoms with Crippen molar-refractivity contribution in [3.05, 3.63) is 60.4 Å². The van der Waals surface area contributed by atoms with Gasteiger partial charge >= 0.3 is 0 Å². The Morgan fingerprint density at radius 3 is 2.44 bits per heavy atom. The third kappa shape index (κ3) is 4.45. The standard InChI is InChI=1S/C23H28N4/c1-23(2)12-10-21(11-13-23)24-15-17-6-8-18(9-7-17)19-4-3-5-20(14-19)22-25-16-26-27-22/h3-9,14,16,21,24H,10-13,15H2,1-2H3,(H,25,26,27). The van der Waals surface area contributed by atoms with Crippen molar-refractivity contribution in [3.63, 3.8) is 0 Å². The maximum Gasteiger partial charge on any atom is 0.180 e. The van der Waals surface area contributed by atoms with Crippen LogP contribution in [0.3, 0.4) is 0 Å². The number of aromatic amines is 1. The fraction of sp³-hybridized carbons (Fsp3) is 0.391. The summed E-state index contributed by atoms with van der Waals surface area (Å²) in [5.74, 6) is 0.730. The van der Waals surface area contributed by atoms with Gasteiger partial charge in [-0.1, -0.05) is 56.3 Å². The SMILES string of the molecule is CC1(C)CCC(NCc2ccc(-c3cccc(-c4nc[nH]n4)c3)cc2)CC1. The summed E-state index contributed by atoms with van der Waals surface area (Å²) in [7, 11) is 0. The minimum absolute atomic E-state index is 0.528. The monoisotopic (exact) mass is 360 g/mol. The molecule has 0 radical (unpaired) electrons. The quantitative estimate of drug-likeness (QED) is 0.658. The molecule has 0 spiro atoms. The first-order valence-electron chi connectivity index (χ1n) is 9.88. The predicted octanol–water partition coefficient (Wildman–Crippen LogP) is 5.20. The second-order valence-electron chi connectivity index (χ2n) is 8.42. The van der Waals surface area contributed by atoms with Gasteiger partial charge in [0.1, 0.15) is 6.33 Å². The lowest BCUT2D eigenvalue weighted by Crippen LogP contribution is -2.35. The third-order valence-electron chi connectivity index (χ3n) is 5.76. The van der Waals surface area contributed by atoms with E-state index < -0.39 is 0 Å². The van der Waals surface area contributed by atoms with Crippen LogP contribution in [0.4, 0.5) is 0 Å². The lowest BCUT2D eigenvalue weighted by molar-refractivity contribution is 0.206. The van der Waals surface area contributed by atoms with Crippen molar-refractivity contribution in [2.24, 2.45) is 5.41 Å². The van der Waals surface area contributed by atoms with Gasteiger partial charge in [-0.3, -0.25) is 5.10 Å². The van der Waals surface area contributed by atoms with E-state index >= 15 is 0 Å². The molecule has 4 heteroatoms. The molecule has 2 aromatic carbocycles. The molecule has 0 unspecified atom stereocenters. The van der Waals surface area contributed by atoms with Gasteiger partial charge in [-0.05, 0) is 53.9 Å². The summed E-state index contributed by atoms with van der Waals surface area (Å²) in [4.78, 5) is 4.24. The molecule has 1 aliphatic carbocycles. The van der Waals surface area contributed by atoms with Crippen LogP contribution >= 0.6 is 0 Å². The lowest BCUT2D eigenvalue weighted by atomic mass is 9.75. The number of H-pyrrole nitrogens is 1. The number of aromatic nitrogens is 3. The van der Waals surface area contributed by atoms with Gasteiger partial charge in [0.25, 0.3) is 0 Å². The highest BCUT2D eigenvalue weighted by molar-refractivity contribution is 5.70. The average molecular weight is 361 g/mol. The van der Waals surface area contributed by atoms with Gasteiger partial charge in [-0.25, -0.2) is 4.98 Å². The molecule has 27 heavy (non-hydrogen) atoms. The summed E-state index contributed by atoms with van der Waals surface area (Å²) in [6.45, 7) is 5.72. The Morgan fingerprint density at radius 2 is 1.74 bits per heavy atom. The van der Waals surface area contributed by atoms with Crippen LogP contribution in [0.5, 0.6) is 0 Å². The maximum absolute atomic E-state index is 4.24. The molecule has 1 aromatic heterocycles. The molecule has 140 valence electrons. The first kappa shape index (κ1) is 17.9. The molecule has 0 atom stereocenters. The molecule has 1 aliphatic rings. The fourth-order valence-corrected chi connectivity index (χ4v) is 3.87. The highest BCUT2D eigenvalue weighted by Gasteiger charge is 2.26. The lowest BCUT2D eigenvalue weighted by Gasteiger charge is -2.34. The number of hydrogen-bond donors (Lipinski definition) is 2. The van der Waals surface area contributed by atoms with E-state index in [9.17, 15) is 0 Å². The Hall–Kier alpha value is -2.46. The Labute approximate surface area is 161 Å². The molecule has 0 amide bonds. The van der Waals surface area contributed by atoms with Gasteiger partial charge in [0.05, 0.1) is 0 Å². The van der Waals surface area contributed by atoms with Gasteiger partial charge in [0.2, 0.25) is 0 Å². The highest BCUT2D eigenvalue weighted by atomic mass is 15.2. The Kier molecular flexibility index (Phi) is 5.08. The van der Waals surface area contributed by atoms with Crippen LogP contribution in [0, 0.1) is 5.41 Å².